The molecule has 0 bridgehead atoms. The van der Waals surface area contributed by atoms with E-state index in [0.717, 1.165) is 11.1 Å². The molecule has 1 N–H and O–H groups in total. The van der Waals surface area contributed by atoms with Gasteiger partial charge in [-0.15, -0.1) is 0 Å². The van der Waals surface area contributed by atoms with Gasteiger partial charge in [0.1, 0.15) is 5.52 Å². The second kappa shape index (κ2) is 6.99. The van der Waals surface area contributed by atoms with E-state index in [-0.39, 0.29) is 12.5 Å². The highest BCUT2D eigenvalue weighted by Gasteiger charge is 2.11. The minimum absolute atomic E-state index is 0.241. The molecule has 0 unspecified atom stereocenters. The number of fused-ring (bicyclic) bond motifs is 2. The minimum Gasteiger partial charge on any atom is -0.436 e. The van der Waals surface area contributed by atoms with E-state index in [2.05, 4.69) is 25.3 Å². The predicted molar refractivity (Wildman–Crippen MR) is 106 cm³/mol. The maximum absolute atomic E-state index is 12.4. The third-order valence-corrected chi connectivity index (χ3v) is 4.60. The van der Waals surface area contributed by atoms with Crippen LogP contribution in [-0.4, -0.2) is 30.2 Å². The molecule has 8 nitrogen and oxygen atoms in total. The Morgan fingerprint density at radius 2 is 2.07 bits per heavy atom. The number of nitrogens with zero attached hydrogens (tertiary/aromatic N) is 5. The lowest BCUT2D eigenvalue weighted by atomic mass is 10.2. The van der Waals surface area contributed by atoms with Gasteiger partial charge >= 0.3 is 0 Å². The molecule has 0 fully saturated rings. The number of halogens is 1. The highest BCUT2D eigenvalue weighted by molar-refractivity contribution is 6.31. The first-order valence-electron chi connectivity index (χ1n) is 8.74. The summed E-state index contributed by atoms with van der Waals surface area (Å²) in [6.45, 7) is 0.282. The number of amides is 1. The Kier molecular flexibility index (Phi) is 4.18. The fourth-order valence-corrected chi connectivity index (χ4v) is 3.05. The van der Waals surface area contributed by atoms with Crippen LogP contribution in [0.2, 0.25) is 5.02 Å². The zero-order valence-corrected chi connectivity index (χ0v) is 15.7. The second-order valence-electron chi connectivity index (χ2n) is 6.33. The molecule has 29 heavy (non-hydrogen) atoms. The van der Waals surface area contributed by atoms with Crippen molar-refractivity contribution in [1.82, 2.24) is 29.7 Å². The van der Waals surface area contributed by atoms with Crippen LogP contribution in [-0.2, 0) is 6.54 Å². The van der Waals surface area contributed by atoms with Crippen LogP contribution >= 0.6 is 11.6 Å². The molecule has 4 heterocycles. The lowest BCUT2D eigenvalue weighted by molar-refractivity contribution is 0.0949. The fraction of sp³-hybridized carbons (Fsp3) is 0.0500. The molecule has 5 aromatic rings. The minimum atomic E-state index is -0.241. The number of oxazole rings is 1. The van der Waals surface area contributed by atoms with Crippen molar-refractivity contribution in [3.8, 4) is 11.5 Å². The first-order valence-corrected chi connectivity index (χ1v) is 9.12. The Hall–Kier alpha value is -3.78. The topological polar surface area (TPSA) is 98.2 Å². The summed E-state index contributed by atoms with van der Waals surface area (Å²) in [5.74, 6) is 0.764. The quantitative estimate of drug-likeness (QED) is 0.492. The number of benzene rings is 1. The molecule has 0 aliphatic carbocycles. The number of nitrogens with one attached hydrogen (secondary N) is 1. The van der Waals surface area contributed by atoms with Crippen molar-refractivity contribution in [2.75, 3.05) is 0 Å². The summed E-state index contributed by atoms with van der Waals surface area (Å²) in [5.41, 5.74) is 3.23. The van der Waals surface area contributed by atoms with Crippen LogP contribution in [0.25, 0.3) is 28.3 Å². The standard InChI is InChI=1S/C20H13ClN6O2/c21-14-2-4-16-17(7-14)29-19(26-16)12-1-3-15(23-8-12)10-24-18(28)13-9-25-20-22-5-6-27(20)11-13/h1-9,11H,10H2,(H,24,28). The van der Waals surface area contributed by atoms with Gasteiger partial charge in [0.15, 0.2) is 5.58 Å². The monoisotopic (exact) mass is 404 g/mol. The molecule has 9 heteroatoms. The smallest absolute Gasteiger partial charge is 0.254 e. The zero-order valence-electron chi connectivity index (χ0n) is 14.9. The van der Waals surface area contributed by atoms with Crippen LogP contribution in [0.1, 0.15) is 16.1 Å². The normalized spacial score (nSPS) is 11.2. The first-order chi connectivity index (χ1) is 14.2. The molecule has 142 valence electrons. The molecule has 0 atom stereocenters. The van der Waals surface area contributed by atoms with Gasteiger partial charge in [0.25, 0.3) is 5.91 Å². The number of pyridine rings is 1. The lowest BCUT2D eigenvalue weighted by Crippen LogP contribution is -2.23. The summed E-state index contributed by atoms with van der Waals surface area (Å²) in [6, 6.07) is 8.95. The van der Waals surface area contributed by atoms with Crippen molar-refractivity contribution in [3.05, 3.63) is 77.6 Å². The van der Waals surface area contributed by atoms with Crippen molar-refractivity contribution in [2.45, 2.75) is 6.54 Å². The maximum Gasteiger partial charge on any atom is 0.254 e. The number of aromatic nitrogens is 5. The van der Waals surface area contributed by atoms with Crippen molar-refractivity contribution in [2.24, 2.45) is 0 Å². The Balaban J connectivity index is 1.29. The molecule has 5 rings (SSSR count). The molecule has 0 radical (unpaired) electrons. The van der Waals surface area contributed by atoms with E-state index in [1.807, 2.05) is 12.1 Å². The van der Waals surface area contributed by atoms with E-state index >= 15 is 0 Å². The van der Waals surface area contributed by atoms with Crippen molar-refractivity contribution < 1.29 is 9.21 Å². The third kappa shape index (κ3) is 3.41. The molecule has 0 spiro atoms. The van der Waals surface area contributed by atoms with Gasteiger partial charge in [-0.2, -0.15) is 0 Å². The summed E-state index contributed by atoms with van der Waals surface area (Å²) in [5, 5.41) is 3.42. The number of imidazole rings is 1. The van der Waals surface area contributed by atoms with E-state index < -0.39 is 0 Å². The van der Waals surface area contributed by atoms with Crippen LogP contribution in [0.4, 0.5) is 0 Å². The summed E-state index contributed by atoms with van der Waals surface area (Å²) in [6.07, 6.45) is 8.20. The predicted octanol–water partition coefficient (Wildman–Crippen LogP) is 3.52. The average Bonchev–Trinajstić information content (AvgIpc) is 3.38. The van der Waals surface area contributed by atoms with Gasteiger partial charge < -0.3 is 9.73 Å². The summed E-state index contributed by atoms with van der Waals surface area (Å²) in [7, 11) is 0. The van der Waals surface area contributed by atoms with E-state index in [0.29, 0.717) is 33.5 Å². The molecular weight excluding hydrogens is 392 g/mol. The van der Waals surface area contributed by atoms with Gasteiger partial charge in [0.2, 0.25) is 11.7 Å². The molecule has 1 amide bonds. The molecule has 1 aromatic carbocycles. The Morgan fingerprint density at radius 1 is 1.14 bits per heavy atom. The number of hydrogen-bond acceptors (Lipinski definition) is 6. The third-order valence-electron chi connectivity index (χ3n) is 4.36. The van der Waals surface area contributed by atoms with Gasteiger partial charge in [-0.05, 0) is 24.3 Å². The van der Waals surface area contributed by atoms with Crippen molar-refractivity contribution >= 4 is 34.4 Å². The van der Waals surface area contributed by atoms with E-state index in [4.69, 9.17) is 16.0 Å². The van der Waals surface area contributed by atoms with E-state index in [1.165, 1.54) is 6.20 Å². The van der Waals surface area contributed by atoms with Crippen molar-refractivity contribution in [1.29, 1.82) is 0 Å². The molecule has 0 aliphatic heterocycles. The molecule has 0 saturated heterocycles. The Labute approximate surface area is 169 Å². The van der Waals surface area contributed by atoms with Crippen LogP contribution in [0.5, 0.6) is 0 Å². The summed E-state index contributed by atoms with van der Waals surface area (Å²) < 4.78 is 7.43. The lowest BCUT2D eigenvalue weighted by Gasteiger charge is -2.05. The second-order valence-corrected chi connectivity index (χ2v) is 6.77. The highest BCUT2D eigenvalue weighted by Crippen LogP contribution is 2.25. The van der Waals surface area contributed by atoms with Crippen LogP contribution in [0.3, 0.4) is 0 Å². The fourth-order valence-electron chi connectivity index (χ4n) is 2.88. The maximum atomic E-state index is 12.4. The van der Waals surface area contributed by atoms with Crippen LogP contribution in [0, 0.1) is 0 Å². The van der Waals surface area contributed by atoms with Crippen molar-refractivity contribution in [3.63, 3.8) is 0 Å². The average molecular weight is 405 g/mol. The number of carbonyl (C=O) groups is 1. The van der Waals surface area contributed by atoms with E-state index in [1.54, 1.807) is 47.4 Å². The molecule has 0 saturated carbocycles. The van der Waals surface area contributed by atoms with E-state index in [9.17, 15) is 4.79 Å². The SMILES string of the molecule is O=C(NCc1ccc(-c2nc3ccc(Cl)cc3o2)cn1)c1cnc2nccn2c1. The molecular formula is C20H13ClN6O2. The van der Waals surface area contributed by atoms with Gasteiger partial charge in [0.05, 0.1) is 23.4 Å². The molecule has 4 aromatic heterocycles. The molecule has 0 aliphatic rings. The number of rotatable bonds is 4. The Bertz CT molecular complexity index is 1340. The first kappa shape index (κ1) is 17.3. The van der Waals surface area contributed by atoms with Gasteiger partial charge in [0, 0.05) is 42.1 Å². The van der Waals surface area contributed by atoms with Crippen LogP contribution < -0.4 is 5.32 Å². The van der Waals surface area contributed by atoms with Gasteiger partial charge in [-0.1, -0.05) is 11.6 Å². The zero-order chi connectivity index (χ0) is 19.8. The summed E-state index contributed by atoms with van der Waals surface area (Å²) >= 11 is 5.98. The van der Waals surface area contributed by atoms with Gasteiger partial charge in [-0.25, -0.2) is 15.0 Å². The summed E-state index contributed by atoms with van der Waals surface area (Å²) in [4.78, 5) is 29.4. The largest absolute Gasteiger partial charge is 0.436 e. The van der Waals surface area contributed by atoms with Crippen LogP contribution in [0.15, 0.2) is 65.7 Å². The van der Waals surface area contributed by atoms with Gasteiger partial charge in [-0.3, -0.25) is 14.2 Å². The number of carbonyl (C=O) groups excluding carboxylic acids is 1. The number of hydrogen-bond donors (Lipinski definition) is 1. The highest BCUT2D eigenvalue weighted by atomic mass is 35.5. The Morgan fingerprint density at radius 3 is 2.93 bits per heavy atom.